The molecule has 0 amide bonds. The van der Waals surface area contributed by atoms with E-state index in [-0.39, 0.29) is 18.8 Å². The summed E-state index contributed by atoms with van der Waals surface area (Å²) >= 11 is 0. The van der Waals surface area contributed by atoms with Crippen LogP contribution >= 0.6 is 0 Å². The number of aromatic amines is 1. The summed E-state index contributed by atoms with van der Waals surface area (Å²) in [5.41, 5.74) is -0.620. The maximum absolute atomic E-state index is 15.3. The number of Topliss-reactive ketones (excluding diaryl/α,β-unsaturated/α-hetero) is 1. The number of H-pyrrole nitrogens is 1. The smallest absolute Gasteiger partial charge is 0.330 e. The molecule has 3 atom stereocenters. The first-order valence-corrected chi connectivity index (χ1v) is 21.4. The molecule has 1 aliphatic heterocycles. The molecule has 6 rings (SSSR count). The van der Waals surface area contributed by atoms with E-state index in [1.54, 1.807) is 33.3 Å². The van der Waals surface area contributed by atoms with Gasteiger partial charge in [-0.05, 0) is 66.0 Å². The van der Waals surface area contributed by atoms with Crippen LogP contribution in [0.25, 0.3) is 0 Å². The number of benzene rings is 4. The lowest BCUT2D eigenvalue weighted by Gasteiger charge is -2.43. The summed E-state index contributed by atoms with van der Waals surface area (Å²) in [6, 6.07) is 36.7. The van der Waals surface area contributed by atoms with Gasteiger partial charge in [0.25, 0.3) is 5.56 Å². The van der Waals surface area contributed by atoms with Gasteiger partial charge in [-0.25, -0.2) is 4.79 Å². The highest BCUT2D eigenvalue weighted by Gasteiger charge is 2.59. The molecule has 1 aliphatic rings. The lowest BCUT2D eigenvalue weighted by molar-refractivity contribution is -0.107. The van der Waals surface area contributed by atoms with Crippen LogP contribution in [-0.2, 0) is 19.5 Å². The second kappa shape index (κ2) is 16.7. The summed E-state index contributed by atoms with van der Waals surface area (Å²) < 4.78 is 34.1. The van der Waals surface area contributed by atoms with Crippen molar-refractivity contribution in [2.45, 2.75) is 75.8 Å². The fourth-order valence-corrected chi connectivity index (χ4v) is 10.7. The zero-order valence-electron chi connectivity index (χ0n) is 32.4. The van der Waals surface area contributed by atoms with E-state index in [1.807, 2.05) is 97.1 Å². The van der Waals surface area contributed by atoms with Crippen molar-refractivity contribution in [1.82, 2.24) is 9.55 Å². The number of ether oxygens (including phenoxy) is 4. The molecule has 288 valence electrons. The third-order valence-corrected chi connectivity index (χ3v) is 15.8. The summed E-state index contributed by atoms with van der Waals surface area (Å²) in [6.45, 7) is 7.86. The number of hydrogen-bond donors (Lipinski definition) is 1. The molecule has 55 heavy (non-hydrogen) atoms. The first-order valence-electron chi connectivity index (χ1n) is 18.8. The molecule has 5 aromatic rings. The Morgan fingerprint density at radius 1 is 0.800 bits per heavy atom. The number of carbonyl (C=O) groups excluding carboxylic acids is 1. The number of rotatable bonds is 16. The van der Waals surface area contributed by atoms with Crippen molar-refractivity contribution in [3.05, 3.63) is 164 Å². The predicted octanol–water partition coefficient (Wildman–Crippen LogP) is 7.80. The molecule has 10 nitrogen and oxygen atoms in total. The standard InChI is InChI=1S/C44H50N2O8Si/c1-7-55(8-2,9-3)54-43(40(47)32-16-12-10-13-17-32)28-39(46-29-31(4)41(48)45-42(46)49)53-38(43)30-52-44(33-18-14-11-15-19-33,34-20-24-36(50-5)25-21-34)35-22-26-37(51-6)27-23-35/h10-27,29,38-39H,7-9,28,30H2,1-6H3,(H,45,48,49)/t38-,39-,43+/m1/s1. The second-order valence-corrected chi connectivity index (χ2v) is 18.7. The van der Waals surface area contributed by atoms with Gasteiger partial charge in [-0.1, -0.05) is 106 Å². The van der Waals surface area contributed by atoms with E-state index >= 15 is 4.79 Å². The van der Waals surface area contributed by atoms with Gasteiger partial charge in [0.15, 0.2) is 19.7 Å². The van der Waals surface area contributed by atoms with Crippen LogP contribution in [0.1, 0.15) is 66.0 Å². The predicted molar refractivity (Wildman–Crippen MR) is 215 cm³/mol. The molecule has 4 aromatic carbocycles. The Balaban J connectivity index is 1.57. The summed E-state index contributed by atoms with van der Waals surface area (Å²) in [6.07, 6.45) is -0.423. The first kappa shape index (κ1) is 39.6. The maximum Gasteiger partial charge on any atom is 0.330 e. The minimum absolute atomic E-state index is 0.0261. The summed E-state index contributed by atoms with van der Waals surface area (Å²) in [4.78, 5) is 43.6. The van der Waals surface area contributed by atoms with Gasteiger partial charge in [0.05, 0.1) is 20.8 Å². The monoisotopic (exact) mass is 762 g/mol. The highest BCUT2D eigenvalue weighted by molar-refractivity contribution is 6.73. The molecular weight excluding hydrogens is 713 g/mol. The van der Waals surface area contributed by atoms with Gasteiger partial charge in [-0.3, -0.25) is 19.1 Å². The molecule has 1 aromatic heterocycles. The van der Waals surface area contributed by atoms with Crippen LogP contribution < -0.4 is 20.7 Å². The molecular formula is C44H50N2O8Si. The molecule has 0 radical (unpaired) electrons. The number of methoxy groups -OCH3 is 2. The third kappa shape index (κ3) is 7.62. The summed E-state index contributed by atoms with van der Waals surface area (Å²) in [5.74, 6) is 1.12. The van der Waals surface area contributed by atoms with Gasteiger partial charge in [-0.2, -0.15) is 0 Å². The average molecular weight is 763 g/mol. The average Bonchev–Trinajstić information content (AvgIpc) is 3.60. The maximum atomic E-state index is 15.3. The largest absolute Gasteiger partial charge is 0.497 e. The van der Waals surface area contributed by atoms with Gasteiger partial charge >= 0.3 is 5.69 Å². The van der Waals surface area contributed by atoms with Crippen LogP contribution in [0.5, 0.6) is 11.5 Å². The van der Waals surface area contributed by atoms with Crippen molar-refractivity contribution in [2.75, 3.05) is 20.8 Å². The Hall–Kier alpha value is -5.07. The van der Waals surface area contributed by atoms with E-state index in [0.29, 0.717) is 22.6 Å². The van der Waals surface area contributed by atoms with Gasteiger partial charge in [-0.15, -0.1) is 0 Å². The van der Waals surface area contributed by atoms with Crippen molar-refractivity contribution in [1.29, 1.82) is 0 Å². The molecule has 1 saturated heterocycles. The molecule has 2 heterocycles. The molecule has 1 N–H and O–H groups in total. The van der Waals surface area contributed by atoms with E-state index in [2.05, 4.69) is 25.8 Å². The molecule has 0 bridgehead atoms. The zero-order chi connectivity index (χ0) is 39.2. The molecule has 11 heteroatoms. The second-order valence-electron chi connectivity index (χ2n) is 14.0. The first-order chi connectivity index (χ1) is 26.6. The molecule has 0 aliphatic carbocycles. The number of carbonyl (C=O) groups is 1. The van der Waals surface area contributed by atoms with Crippen LogP contribution in [-0.4, -0.2) is 56.2 Å². The zero-order valence-corrected chi connectivity index (χ0v) is 33.4. The molecule has 1 fully saturated rings. The Labute approximate surface area is 323 Å². The minimum atomic E-state index is -2.57. The van der Waals surface area contributed by atoms with Crippen molar-refractivity contribution >= 4 is 14.1 Å². The third-order valence-electron chi connectivity index (χ3n) is 11.2. The quantitative estimate of drug-likeness (QED) is 0.0615. The van der Waals surface area contributed by atoms with Crippen LogP contribution in [0.4, 0.5) is 0 Å². The highest BCUT2D eigenvalue weighted by atomic mass is 28.4. The number of nitrogens with zero attached hydrogens (tertiary/aromatic N) is 1. The molecule has 0 saturated carbocycles. The molecule has 0 unspecified atom stereocenters. The number of aryl methyl sites for hydroxylation is 1. The van der Waals surface area contributed by atoms with Crippen LogP contribution in [0.3, 0.4) is 0 Å². The van der Waals surface area contributed by atoms with Gasteiger partial charge in [0.2, 0.25) is 0 Å². The Kier molecular flexibility index (Phi) is 12.1. The van der Waals surface area contributed by atoms with E-state index in [1.165, 1.54) is 10.8 Å². The van der Waals surface area contributed by atoms with E-state index in [9.17, 15) is 9.59 Å². The lowest BCUT2D eigenvalue weighted by Crippen LogP contribution is -2.58. The summed E-state index contributed by atoms with van der Waals surface area (Å²) in [7, 11) is 0.673. The van der Waals surface area contributed by atoms with Gasteiger partial charge in [0.1, 0.15) is 29.4 Å². The normalized spacial score (nSPS) is 18.6. The Morgan fingerprint density at radius 2 is 1.31 bits per heavy atom. The Bertz CT molecular complexity index is 2110. The fraction of sp³-hybridized carbons (Fsp3) is 0.341. The van der Waals surface area contributed by atoms with E-state index < -0.39 is 43.1 Å². The minimum Gasteiger partial charge on any atom is -0.497 e. The topological polar surface area (TPSA) is 118 Å². The van der Waals surface area contributed by atoms with Crippen LogP contribution in [0.15, 0.2) is 125 Å². The van der Waals surface area contributed by atoms with E-state index in [0.717, 1.165) is 34.8 Å². The van der Waals surface area contributed by atoms with Gasteiger partial charge in [0, 0.05) is 23.7 Å². The van der Waals surface area contributed by atoms with Crippen LogP contribution in [0, 0.1) is 6.92 Å². The molecule has 0 spiro atoms. The van der Waals surface area contributed by atoms with Crippen molar-refractivity contribution in [3.8, 4) is 11.5 Å². The lowest BCUT2D eigenvalue weighted by atomic mass is 9.79. The van der Waals surface area contributed by atoms with E-state index in [4.69, 9.17) is 23.4 Å². The number of aromatic nitrogens is 2. The number of nitrogens with one attached hydrogen (secondary N) is 1. The van der Waals surface area contributed by atoms with Gasteiger partial charge < -0.3 is 23.4 Å². The fourth-order valence-electron chi connectivity index (χ4n) is 7.73. The van der Waals surface area contributed by atoms with Crippen LogP contribution in [0.2, 0.25) is 18.1 Å². The SMILES string of the molecule is CC[Si](CC)(CC)O[C@@]1(C(=O)c2ccccc2)C[C@H](n2cc(C)c(=O)[nH]c2=O)O[C@@H]1COC(c1ccccc1)(c1ccc(OC)cc1)c1ccc(OC)cc1. The van der Waals surface area contributed by atoms with Crippen molar-refractivity contribution < 1.29 is 28.2 Å². The number of hydrogen-bond acceptors (Lipinski definition) is 8. The highest BCUT2D eigenvalue weighted by Crippen LogP contribution is 2.48. The number of ketones is 1. The summed E-state index contributed by atoms with van der Waals surface area (Å²) in [5, 5.41) is 0. The Morgan fingerprint density at radius 3 is 1.82 bits per heavy atom. The van der Waals surface area contributed by atoms with Crippen molar-refractivity contribution in [3.63, 3.8) is 0 Å². The van der Waals surface area contributed by atoms with Crippen molar-refractivity contribution in [2.24, 2.45) is 0 Å².